The summed E-state index contributed by atoms with van der Waals surface area (Å²) in [6.45, 7) is 2.74. The topological polar surface area (TPSA) is 131 Å². The van der Waals surface area contributed by atoms with Crippen LogP contribution in [0.5, 0.6) is 0 Å². The third kappa shape index (κ3) is 5.02. The number of aromatic nitrogens is 2. The molecule has 0 unspecified atom stereocenters. The predicted molar refractivity (Wildman–Crippen MR) is 123 cm³/mol. The predicted octanol–water partition coefficient (Wildman–Crippen LogP) is 1.81. The number of nitrogens with zero attached hydrogens (tertiary/aromatic N) is 5. The van der Waals surface area contributed by atoms with Crippen LogP contribution in [0.25, 0.3) is 11.0 Å². The average Bonchev–Trinajstić information content (AvgIpc) is 3.08. The van der Waals surface area contributed by atoms with E-state index in [-0.39, 0.29) is 11.3 Å². The van der Waals surface area contributed by atoms with E-state index in [0.717, 1.165) is 11.3 Å². The van der Waals surface area contributed by atoms with Crippen molar-refractivity contribution < 1.29 is 18.1 Å². The van der Waals surface area contributed by atoms with Gasteiger partial charge in [-0.15, -0.1) is 0 Å². The Morgan fingerprint density at radius 2 is 1.88 bits per heavy atom. The molecule has 1 aliphatic rings. The summed E-state index contributed by atoms with van der Waals surface area (Å²) in [5.74, 6) is 0.387. The van der Waals surface area contributed by atoms with Gasteiger partial charge in [-0.3, -0.25) is 19.8 Å². The molecule has 0 spiro atoms. The first kappa shape index (κ1) is 22.8. The number of nitro benzene ring substituents is 1. The van der Waals surface area contributed by atoms with Crippen molar-refractivity contribution in [1.29, 1.82) is 0 Å². The number of fused-ring (bicyclic) bond motifs is 1. The fourth-order valence-electron chi connectivity index (χ4n) is 3.85. The number of sulfonamides is 1. The molecule has 2 heterocycles. The molecule has 1 saturated heterocycles. The number of rotatable bonds is 6. The number of carbonyl (C=O) groups is 1. The summed E-state index contributed by atoms with van der Waals surface area (Å²) in [7, 11) is -1.26. The summed E-state index contributed by atoms with van der Waals surface area (Å²) in [6, 6.07) is 10.9. The van der Waals surface area contributed by atoms with Gasteiger partial charge in [0.2, 0.25) is 10.0 Å². The maximum Gasteiger partial charge on any atom is 0.270 e. The highest BCUT2D eigenvalue weighted by Crippen LogP contribution is 2.22. The minimum atomic E-state index is -3.17. The van der Waals surface area contributed by atoms with Gasteiger partial charge in [0, 0.05) is 56.6 Å². The number of aryl methyl sites for hydroxylation is 1. The summed E-state index contributed by atoms with van der Waals surface area (Å²) in [6.07, 6.45) is 1.23. The Morgan fingerprint density at radius 1 is 1.15 bits per heavy atom. The molecule has 1 aromatic heterocycles. The summed E-state index contributed by atoms with van der Waals surface area (Å²) < 4.78 is 26.9. The second kappa shape index (κ2) is 8.89. The van der Waals surface area contributed by atoms with Gasteiger partial charge in [-0.1, -0.05) is 6.07 Å². The fraction of sp³-hybridized carbons (Fsp3) is 0.333. The molecule has 1 N–H and O–H groups in total. The van der Waals surface area contributed by atoms with Crippen LogP contribution in [0.15, 0.2) is 42.5 Å². The van der Waals surface area contributed by atoms with Crippen LogP contribution in [0.3, 0.4) is 0 Å². The number of imidazole rings is 1. The number of hydrogen-bond acceptors (Lipinski definition) is 7. The fourth-order valence-corrected chi connectivity index (χ4v) is 4.68. The lowest BCUT2D eigenvalue weighted by atomic mass is 10.2. The molecule has 174 valence electrons. The average molecular weight is 473 g/mol. The number of nitrogens with one attached hydrogen (secondary N) is 1. The molecule has 0 radical (unpaired) electrons. The van der Waals surface area contributed by atoms with Crippen molar-refractivity contribution in [2.75, 3.05) is 37.8 Å². The smallest absolute Gasteiger partial charge is 0.270 e. The van der Waals surface area contributed by atoms with Crippen molar-refractivity contribution in [3.8, 4) is 0 Å². The first-order valence-electron chi connectivity index (χ1n) is 10.3. The van der Waals surface area contributed by atoms with Crippen molar-refractivity contribution in [3.05, 3.63) is 64.0 Å². The molecule has 33 heavy (non-hydrogen) atoms. The second-order valence-corrected chi connectivity index (χ2v) is 9.97. The number of nitro groups is 1. The Balaban J connectivity index is 1.47. The van der Waals surface area contributed by atoms with E-state index in [1.54, 1.807) is 12.1 Å². The first-order valence-corrected chi connectivity index (χ1v) is 12.2. The number of benzene rings is 2. The maximum absolute atomic E-state index is 12.5. The zero-order chi connectivity index (χ0) is 23.8. The standard InChI is InChI=1S/C21H24N6O5S/c1-24-19-7-6-16(22-21(28)15-4-3-5-17(12-15)27(29)30)13-18(19)23-20(24)14-25-8-10-26(11-9-25)33(2,31)32/h3-7,12-13H,8-11,14H2,1-2H3,(H,22,28). The number of anilines is 1. The summed E-state index contributed by atoms with van der Waals surface area (Å²) in [5.41, 5.74) is 2.18. The van der Waals surface area contributed by atoms with E-state index < -0.39 is 20.9 Å². The monoisotopic (exact) mass is 472 g/mol. The molecule has 4 rings (SSSR count). The second-order valence-electron chi connectivity index (χ2n) is 7.99. The van der Waals surface area contributed by atoms with Crippen molar-refractivity contribution >= 4 is 38.3 Å². The number of carbonyl (C=O) groups excluding carboxylic acids is 1. The number of hydrogen-bond donors (Lipinski definition) is 1. The molecule has 11 nitrogen and oxygen atoms in total. The molecule has 12 heteroatoms. The van der Waals surface area contributed by atoms with Crippen LogP contribution in [-0.4, -0.2) is 70.4 Å². The van der Waals surface area contributed by atoms with E-state index in [0.29, 0.717) is 43.9 Å². The van der Waals surface area contributed by atoms with Gasteiger partial charge in [0.1, 0.15) is 5.82 Å². The SMILES string of the molecule is Cn1c(CN2CCN(S(C)(=O)=O)CC2)nc2cc(NC(=O)c3cccc([N+](=O)[O-])c3)ccc21. The maximum atomic E-state index is 12.5. The summed E-state index contributed by atoms with van der Waals surface area (Å²) >= 11 is 0. The van der Waals surface area contributed by atoms with Gasteiger partial charge in [0.05, 0.1) is 28.8 Å². The zero-order valence-electron chi connectivity index (χ0n) is 18.3. The van der Waals surface area contributed by atoms with Crippen molar-refractivity contribution in [3.63, 3.8) is 0 Å². The number of non-ortho nitro benzene ring substituents is 1. The van der Waals surface area contributed by atoms with E-state index in [2.05, 4.69) is 10.2 Å². The minimum Gasteiger partial charge on any atom is -0.330 e. The summed E-state index contributed by atoms with van der Waals surface area (Å²) in [4.78, 5) is 29.8. The Morgan fingerprint density at radius 3 is 2.55 bits per heavy atom. The van der Waals surface area contributed by atoms with Crippen LogP contribution in [0.1, 0.15) is 16.2 Å². The minimum absolute atomic E-state index is 0.148. The molecule has 1 amide bonds. The van der Waals surface area contributed by atoms with Crippen molar-refractivity contribution in [1.82, 2.24) is 18.8 Å². The molecular formula is C21H24N6O5S. The van der Waals surface area contributed by atoms with Crippen LogP contribution in [0.4, 0.5) is 11.4 Å². The highest BCUT2D eigenvalue weighted by Gasteiger charge is 2.24. The Hall–Kier alpha value is -3.35. The molecule has 1 aliphatic heterocycles. The quantitative estimate of drug-likeness (QED) is 0.428. The molecule has 0 aliphatic carbocycles. The lowest BCUT2D eigenvalue weighted by Gasteiger charge is -2.32. The molecule has 0 bridgehead atoms. The van der Waals surface area contributed by atoms with E-state index >= 15 is 0 Å². The van der Waals surface area contributed by atoms with Gasteiger partial charge < -0.3 is 9.88 Å². The van der Waals surface area contributed by atoms with Gasteiger partial charge in [-0.25, -0.2) is 13.4 Å². The zero-order valence-corrected chi connectivity index (χ0v) is 19.1. The van der Waals surface area contributed by atoms with E-state index in [9.17, 15) is 23.3 Å². The van der Waals surface area contributed by atoms with E-state index in [1.807, 2.05) is 17.7 Å². The molecule has 3 aromatic rings. The van der Waals surface area contributed by atoms with Gasteiger partial charge in [0.25, 0.3) is 11.6 Å². The molecule has 0 saturated carbocycles. The number of amides is 1. The third-order valence-electron chi connectivity index (χ3n) is 5.72. The number of piperazine rings is 1. The van der Waals surface area contributed by atoms with Gasteiger partial charge in [-0.05, 0) is 24.3 Å². The van der Waals surface area contributed by atoms with Crippen LogP contribution in [-0.2, 0) is 23.6 Å². The van der Waals surface area contributed by atoms with Gasteiger partial charge in [-0.2, -0.15) is 4.31 Å². The molecule has 1 fully saturated rings. The van der Waals surface area contributed by atoms with E-state index in [4.69, 9.17) is 4.98 Å². The Bertz CT molecular complexity index is 1330. The first-order chi connectivity index (χ1) is 15.6. The highest BCUT2D eigenvalue weighted by atomic mass is 32.2. The molecule has 0 atom stereocenters. The van der Waals surface area contributed by atoms with Crippen LogP contribution in [0, 0.1) is 10.1 Å². The lowest BCUT2D eigenvalue weighted by molar-refractivity contribution is -0.384. The normalized spacial score (nSPS) is 15.6. The van der Waals surface area contributed by atoms with Gasteiger partial charge in [0.15, 0.2) is 0 Å². The van der Waals surface area contributed by atoms with Gasteiger partial charge >= 0.3 is 0 Å². The van der Waals surface area contributed by atoms with Crippen LogP contribution in [0.2, 0.25) is 0 Å². The Kier molecular flexibility index (Phi) is 6.15. The largest absolute Gasteiger partial charge is 0.330 e. The van der Waals surface area contributed by atoms with Crippen molar-refractivity contribution in [2.24, 2.45) is 7.05 Å². The summed E-state index contributed by atoms with van der Waals surface area (Å²) in [5, 5.41) is 13.7. The van der Waals surface area contributed by atoms with Crippen LogP contribution < -0.4 is 5.32 Å². The third-order valence-corrected chi connectivity index (χ3v) is 7.02. The Labute approximate surface area is 190 Å². The highest BCUT2D eigenvalue weighted by molar-refractivity contribution is 7.88. The van der Waals surface area contributed by atoms with Crippen molar-refractivity contribution in [2.45, 2.75) is 6.54 Å². The van der Waals surface area contributed by atoms with E-state index in [1.165, 1.54) is 34.8 Å². The lowest BCUT2D eigenvalue weighted by Crippen LogP contribution is -2.48. The molecular weight excluding hydrogens is 448 g/mol. The van der Waals surface area contributed by atoms with Crippen LogP contribution >= 0.6 is 0 Å². The molecule has 2 aromatic carbocycles.